The van der Waals surface area contributed by atoms with Crippen molar-refractivity contribution >= 4 is 5.69 Å². The van der Waals surface area contributed by atoms with Crippen LogP contribution in [0.4, 0.5) is 5.69 Å². The van der Waals surface area contributed by atoms with Gasteiger partial charge in [0.2, 0.25) is 0 Å². The Bertz CT molecular complexity index is 320. The lowest BCUT2D eigenvalue weighted by molar-refractivity contribution is 0.282. The van der Waals surface area contributed by atoms with E-state index in [1.54, 1.807) is 0 Å². The van der Waals surface area contributed by atoms with Crippen molar-refractivity contribution in [2.24, 2.45) is 0 Å². The molecule has 0 heterocycles. The smallest absolute Gasteiger partial charge is 0.0702 e. The summed E-state index contributed by atoms with van der Waals surface area (Å²) in [5, 5.41) is 9.17. The van der Waals surface area contributed by atoms with E-state index in [1.165, 1.54) is 0 Å². The van der Waals surface area contributed by atoms with E-state index in [2.05, 4.69) is 13.5 Å². The van der Waals surface area contributed by atoms with Gasteiger partial charge in [0.05, 0.1) is 6.61 Å². The SMILES string of the molecule is C=C(CC)N(C)c1ccccc1CO. The Balaban J connectivity index is 2.99. The third kappa shape index (κ3) is 2.15. The summed E-state index contributed by atoms with van der Waals surface area (Å²) >= 11 is 0. The molecule has 0 aliphatic rings. The summed E-state index contributed by atoms with van der Waals surface area (Å²) in [6.07, 6.45) is 0.913. The van der Waals surface area contributed by atoms with Crippen LogP contribution in [-0.2, 0) is 6.61 Å². The summed E-state index contributed by atoms with van der Waals surface area (Å²) in [5.74, 6) is 0. The summed E-state index contributed by atoms with van der Waals surface area (Å²) < 4.78 is 0. The van der Waals surface area contributed by atoms with Gasteiger partial charge in [0.25, 0.3) is 0 Å². The van der Waals surface area contributed by atoms with E-state index < -0.39 is 0 Å². The maximum Gasteiger partial charge on any atom is 0.0702 e. The van der Waals surface area contributed by atoms with Crippen molar-refractivity contribution in [1.29, 1.82) is 0 Å². The Morgan fingerprint density at radius 3 is 2.64 bits per heavy atom. The highest BCUT2D eigenvalue weighted by atomic mass is 16.3. The standard InChI is InChI=1S/C12H17NO/c1-4-10(2)13(3)12-8-6-5-7-11(12)9-14/h5-8,14H,2,4,9H2,1,3H3. The van der Waals surface area contributed by atoms with Gasteiger partial charge >= 0.3 is 0 Å². The van der Waals surface area contributed by atoms with Crippen molar-refractivity contribution in [2.75, 3.05) is 11.9 Å². The van der Waals surface area contributed by atoms with E-state index in [1.807, 2.05) is 36.2 Å². The Kier molecular flexibility index (Phi) is 3.72. The molecule has 2 nitrogen and oxygen atoms in total. The molecule has 2 heteroatoms. The lowest BCUT2D eigenvalue weighted by atomic mass is 10.1. The Hall–Kier alpha value is -1.28. The van der Waals surface area contributed by atoms with Crippen LogP contribution in [0.1, 0.15) is 18.9 Å². The second-order valence-electron chi connectivity index (χ2n) is 3.27. The third-order valence-corrected chi connectivity index (χ3v) is 2.41. The number of allylic oxidation sites excluding steroid dienone is 1. The van der Waals surface area contributed by atoms with E-state index in [0.29, 0.717) is 0 Å². The fourth-order valence-electron chi connectivity index (χ4n) is 1.38. The number of hydrogen-bond acceptors (Lipinski definition) is 2. The van der Waals surface area contributed by atoms with Crippen LogP contribution in [0, 0.1) is 0 Å². The van der Waals surface area contributed by atoms with Crippen molar-refractivity contribution in [3.05, 3.63) is 42.1 Å². The van der Waals surface area contributed by atoms with Crippen LogP contribution in [0.15, 0.2) is 36.5 Å². The Labute approximate surface area is 85.5 Å². The first kappa shape index (κ1) is 10.8. The Morgan fingerprint density at radius 2 is 2.07 bits per heavy atom. The molecule has 0 saturated carbocycles. The molecule has 0 aromatic heterocycles. The van der Waals surface area contributed by atoms with Gasteiger partial charge in [0, 0.05) is 24.0 Å². The lowest BCUT2D eigenvalue weighted by Gasteiger charge is -2.23. The second kappa shape index (κ2) is 4.82. The first-order valence-corrected chi connectivity index (χ1v) is 4.81. The van der Waals surface area contributed by atoms with E-state index in [-0.39, 0.29) is 6.61 Å². The van der Waals surface area contributed by atoms with Gasteiger partial charge in [-0.3, -0.25) is 0 Å². The van der Waals surface area contributed by atoms with Crippen molar-refractivity contribution in [3.63, 3.8) is 0 Å². The molecule has 0 unspecified atom stereocenters. The molecule has 0 radical (unpaired) electrons. The number of hydrogen-bond donors (Lipinski definition) is 1. The molecule has 0 saturated heterocycles. The highest BCUT2D eigenvalue weighted by molar-refractivity contribution is 5.56. The quantitative estimate of drug-likeness (QED) is 0.790. The summed E-state index contributed by atoms with van der Waals surface area (Å²) in [6.45, 7) is 6.11. The van der Waals surface area contributed by atoms with E-state index in [4.69, 9.17) is 5.11 Å². The molecular weight excluding hydrogens is 174 g/mol. The van der Waals surface area contributed by atoms with Gasteiger partial charge in [0.15, 0.2) is 0 Å². The molecule has 0 bridgehead atoms. The van der Waals surface area contributed by atoms with Gasteiger partial charge in [-0.05, 0) is 12.5 Å². The second-order valence-corrected chi connectivity index (χ2v) is 3.27. The molecule has 0 aliphatic heterocycles. The molecule has 0 atom stereocenters. The minimum absolute atomic E-state index is 0.0670. The molecule has 1 rings (SSSR count). The molecule has 1 aromatic rings. The van der Waals surface area contributed by atoms with Crippen molar-refractivity contribution in [1.82, 2.24) is 0 Å². The van der Waals surface area contributed by atoms with Crippen LogP contribution in [0.2, 0.25) is 0 Å². The van der Waals surface area contributed by atoms with E-state index in [9.17, 15) is 0 Å². The first-order valence-electron chi connectivity index (χ1n) is 4.81. The highest BCUT2D eigenvalue weighted by Gasteiger charge is 2.07. The van der Waals surface area contributed by atoms with Gasteiger partial charge in [-0.2, -0.15) is 0 Å². The van der Waals surface area contributed by atoms with Gasteiger partial charge in [-0.1, -0.05) is 31.7 Å². The highest BCUT2D eigenvalue weighted by Crippen LogP contribution is 2.22. The maximum absolute atomic E-state index is 9.17. The zero-order valence-corrected chi connectivity index (χ0v) is 8.83. The normalized spacial score (nSPS) is 9.93. The summed E-state index contributed by atoms with van der Waals surface area (Å²) in [5.41, 5.74) is 3.01. The molecule has 14 heavy (non-hydrogen) atoms. The molecule has 76 valence electrons. The zero-order chi connectivity index (χ0) is 10.6. The summed E-state index contributed by atoms with van der Waals surface area (Å²) in [6, 6.07) is 7.81. The predicted octanol–water partition coefficient (Wildman–Crippen LogP) is 2.54. The average Bonchev–Trinajstić information content (AvgIpc) is 2.26. The van der Waals surface area contributed by atoms with Gasteiger partial charge in [0.1, 0.15) is 0 Å². The number of para-hydroxylation sites is 1. The minimum Gasteiger partial charge on any atom is -0.392 e. The van der Waals surface area contributed by atoms with Gasteiger partial charge in [-0.25, -0.2) is 0 Å². The molecule has 0 fully saturated rings. The number of aliphatic hydroxyl groups excluding tert-OH is 1. The number of benzene rings is 1. The van der Waals surface area contributed by atoms with Crippen LogP contribution in [0.25, 0.3) is 0 Å². The molecule has 1 N–H and O–H groups in total. The maximum atomic E-state index is 9.17. The van der Waals surface area contributed by atoms with Gasteiger partial charge < -0.3 is 10.0 Å². The van der Waals surface area contributed by atoms with Gasteiger partial charge in [-0.15, -0.1) is 0 Å². The first-order chi connectivity index (χ1) is 6.70. The minimum atomic E-state index is 0.0670. The number of nitrogens with zero attached hydrogens (tertiary/aromatic N) is 1. The lowest BCUT2D eigenvalue weighted by Crippen LogP contribution is -2.16. The van der Waals surface area contributed by atoms with Crippen molar-refractivity contribution in [3.8, 4) is 0 Å². The summed E-state index contributed by atoms with van der Waals surface area (Å²) in [4.78, 5) is 2.02. The summed E-state index contributed by atoms with van der Waals surface area (Å²) in [7, 11) is 1.97. The monoisotopic (exact) mass is 191 g/mol. The van der Waals surface area contributed by atoms with E-state index in [0.717, 1.165) is 23.4 Å². The molecule has 1 aromatic carbocycles. The number of anilines is 1. The van der Waals surface area contributed by atoms with Crippen molar-refractivity contribution in [2.45, 2.75) is 20.0 Å². The largest absolute Gasteiger partial charge is 0.392 e. The molecule has 0 spiro atoms. The predicted molar refractivity (Wildman–Crippen MR) is 60.2 cm³/mol. The molecule has 0 amide bonds. The number of aliphatic hydroxyl groups is 1. The van der Waals surface area contributed by atoms with Crippen LogP contribution >= 0.6 is 0 Å². The third-order valence-electron chi connectivity index (χ3n) is 2.41. The Morgan fingerprint density at radius 1 is 1.43 bits per heavy atom. The number of rotatable bonds is 4. The zero-order valence-electron chi connectivity index (χ0n) is 8.83. The average molecular weight is 191 g/mol. The molecular formula is C12H17NO. The topological polar surface area (TPSA) is 23.5 Å². The fraction of sp³-hybridized carbons (Fsp3) is 0.333. The van der Waals surface area contributed by atoms with E-state index >= 15 is 0 Å². The molecule has 0 aliphatic carbocycles. The van der Waals surface area contributed by atoms with Crippen LogP contribution < -0.4 is 4.90 Å². The van der Waals surface area contributed by atoms with Crippen LogP contribution in [0.5, 0.6) is 0 Å². The van der Waals surface area contributed by atoms with Crippen LogP contribution in [0.3, 0.4) is 0 Å². The van der Waals surface area contributed by atoms with Crippen molar-refractivity contribution < 1.29 is 5.11 Å². The fourth-order valence-corrected chi connectivity index (χ4v) is 1.38. The van der Waals surface area contributed by atoms with Crippen LogP contribution in [-0.4, -0.2) is 12.2 Å².